The lowest BCUT2D eigenvalue weighted by Gasteiger charge is -2.31. The molecule has 0 radical (unpaired) electrons. The van der Waals surface area contributed by atoms with Crippen molar-refractivity contribution in [3.05, 3.63) is 42.0 Å². The molecular weight excluding hydrogens is 607 g/mol. The van der Waals surface area contributed by atoms with Crippen molar-refractivity contribution in [2.45, 2.75) is 83.3 Å². The number of imide groups is 1. The van der Waals surface area contributed by atoms with Crippen LogP contribution in [0.15, 0.2) is 36.4 Å². The summed E-state index contributed by atoms with van der Waals surface area (Å²) in [6.45, 7) is 6.66. The Balaban J connectivity index is 1.62. The van der Waals surface area contributed by atoms with Crippen LogP contribution in [0.3, 0.4) is 0 Å². The highest BCUT2D eigenvalue weighted by Gasteiger charge is 2.42. The predicted molar refractivity (Wildman–Crippen MR) is 165 cm³/mol. The first-order valence-electron chi connectivity index (χ1n) is 15.9. The molecule has 4 N–H and O–H groups in total. The van der Waals surface area contributed by atoms with Crippen molar-refractivity contribution >= 4 is 29.3 Å². The number of amides is 4. The molecule has 1 fully saturated rings. The molecule has 14 heteroatoms. The van der Waals surface area contributed by atoms with Gasteiger partial charge in [0.05, 0.1) is 25.9 Å². The van der Waals surface area contributed by atoms with Crippen LogP contribution in [0.25, 0.3) is 0 Å². The van der Waals surface area contributed by atoms with Crippen LogP contribution in [0.1, 0.15) is 57.9 Å². The number of hydrogen-bond donors (Lipinski definition) is 4. The molecule has 3 rings (SSSR count). The Bertz CT molecular complexity index is 1170. The fourth-order valence-corrected chi connectivity index (χ4v) is 5.37. The molecule has 2 heterocycles. The minimum absolute atomic E-state index is 0.131. The number of anilines is 1. The van der Waals surface area contributed by atoms with Crippen molar-refractivity contribution < 1.29 is 42.2 Å². The molecule has 0 aromatic heterocycles. The zero-order valence-corrected chi connectivity index (χ0v) is 26.5. The van der Waals surface area contributed by atoms with Gasteiger partial charge in [0.2, 0.25) is 11.8 Å². The molecule has 0 unspecified atom stereocenters. The summed E-state index contributed by atoms with van der Waals surface area (Å²) in [5, 5.41) is 17.3. The monoisotopic (exact) mass is 653 g/mol. The van der Waals surface area contributed by atoms with Gasteiger partial charge in [-0.25, -0.2) is 0 Å². The number of morpholine rings is 1. The lowest BCUT2D eigenvalue weighted by atomic mass is 9.99. The smallest absolute Gasteiger partial charge is 0.392 e. The molecule has 1 aromatic carbocycles. The van der Waals surface area contributed by atoms with Crippen LogP contribution in [0, 0.1) is 5.92 Å². The number of unbranched alkanes of at least 4 members (excludes halogenated alkanes) is 2. The Morgan fingerprint density at radius 3 is 2.15 bits per heavy atom. The van der Waals surface area contributed by atoms with Crippen molar-refractivity contribution in [3.8, 4) is 0 Å². The van der Waals surface area contributed by atoms with Crippen molar-refractivity contribution in [2.75, 3.05) is 44.7 Å². The van der Waals surface area contributed by atoms with Crippen LogP contribution in [-0.2, 0) is 30.5 Å². The summed E-state index contributed by atoms with van der Waals surface area (Å²) in [6, 6.07) is 2.36. The van der Waals surface area contributed by atoms with Crippen LogP contribution < -0.4 is 16.0 Å². The maximum Gasteiger partial charge on any atom is 0.403 e. The number of carbonyl (C=O) groups is 4. The SMILES string of the molecule is CC(C)[C@H](N[C@H](CCCCCN1C(=O)C=CC1=O)C(F)(F)F)C(=O)N[C@@H](CCCN1CCOCC1)C(=O)Nc1ccc(CO)cc1. The number of aliphatic hydroxyl groups is 1. The summed E-state index contributed by atoms with van der Waals surface area (Å²) in [6.07, 6.45) is -0.883. The maximum atomic E-state index is 14.1. The standard InChI is InChI=1S/C32H46F3N5O6/c1-22(2)29(38-26(32(33,34)35)8-4-3-5-16-40-27(42)13-14-28(40)43)31(45)37-25(7-6-15-39-17-19-46-20-18-39)30(44)36-24-11-9-23(21-41)10-12-24/h9-14,22,25-26,29,38,41H,3-8,15-21H2,1-2H3,(H,36,44)(H,37,45)/t25-,26+,29-/m0/s1. The summed E-state index contributed by atoms with van der Waals surface area (Å²) < 4.78 is 47.7. The first kappa shape index (κ1) is 37.1. The van der Waals surface area contributed by atoms with E-state index in [0.717, 1.165) is 30.1 Å². The maximum absolute atomic E-state index is 14.1. The van der Waals surface area contributed by atoms with Crippen LogP contribution >= 0.6 is 0 Å². The number of rotatable bonds is 18. The van der Waals surface area contributed by atoms with E-state index in [1.54, 1.807) is 38.1 Å². The number of halogens is 3. The van der Waals surface area contributed by atoms with Gasteiger partial charge in [-0.15, -0.1) is 0 Å². The number of nitrogens with zero attached hydrogens (tertiary/aromatic N) is 2. The highest BCUT2D eigenvalue weighted by Crippen LogP contribution is 2.26. The molecule has 0 bridgehead atoms. The van der Waals surface area contributed by atoms with Gasteiger partial charge >= 0.3 is 6.18 Å². The average Bonchev–Trinajstić information content (AvgIpc) is 3.34. The van der Waals surface area contributed by atoms with Crippen molar-refractivity contribution in [3.63, 3.8) is 0 Å². The Morgan fingerprint density at radius 2 is 1.57 bits per heavy atom. The topological polar surface area (TPSA) is 140 Å². The number of carbonyl (C=O) groups excluding carboxylic acids is 4. The zero-order chi connectivity index (χ0) is 33.7. The highest BCUT2D eigenvalue weighted by atomic mass is 19.4. The van der Waals surface area contributed by atoms with Gasteiger partial charge in [-0.05, 0) is 55.8 Å². The number of ether oxygens (including phenoxy) is 1. The molecule has 1 saturated heterocycles. The molecule has 4 amide bonds. The highest BCUT2D eigenvalue weighted by molar-refractivity contribution is 6.12. The Morgan fingerprint density at radius 1 is 0.913 bits per heavy atom. The van der Waals surface area contributed by atoms with Crippen LogP contribution in [0.4, 0.5) is 18.9 Å². The predicted octanol–water partition coefficient (Wildman–Crippen LogP) is 2.75. The second-order valence-corrected chi connectivity index (χ2v) is 12.0. The molecule has 0 spiro atoms. The summed E-state index contributed by atoms with van der Waals surface area (Å²) in [5.74, 6) is -2.58. The number of aliphatic hydroxyl groups excluding tert-OH is 1. The normalized spacial score (nSPS) is 17.8. The molecular formula is C32H46F3N5O6. The Kier molecular flexibility index (Phi) is 14.6. The minimum atomic E-state index is -4.63. The second-order valence-electron chi connectivity index (χ2n) is 12.0. The van der Waals surface area contributed by atoms with Gasteiger partial charge in [0.25, 0.3) is 11.8 Å². The first-order chi connectivity index (χ1) is 21.9. The van der Waals surface area contributed by atoms with E-state index >= 15 is 0 Å². The molecule has 0 saturated carbocycles. The van der Waals surface area contributed by atoms with E-state index in [2.05, 4.69) is 20.9 Å². The van der Waals surface area contributed by atoms with E-state index in [1.807, 2.05) is 0 Å². The van der Waals surface area contributed by atoms with E-state index in [0.29, 0.717) is 50.3 Å². The molecule has 2 aliphatic heterocycles. The summed E-state index contributed by atoms with van der Waals surface area (Å²) in [4.78, 5) is 53.4. The van der Waals surface area contributed by atoms with Gasteiger partial charge in [0, 0.05) is 37.5 Å². The number of hydrogen-bond acceptors (Lipinski definition) is 8. The molecule has 1 aromatic rings. The number of benzene rings is 1. The van der Waals surface area contributed by atoms with E-state index in [-0.39, 0.29) is 32.4 Å². The van der Waals surface area contributed by atoms with Gasteiger partial charge in [0.1, 0.15) is 12.1 Å². The first-order valence-corrected chi connectivity index (χ1v) is 15.9. The van der Waals surface area contributed by atoms with Gasteiger partial charge < -0.3 is 20.5 Å². The Labute approximate surface area is 267 Å². The zero-order valence-electron chi connectivity index (χ0n) is 26.5. The summed E-state index contributed by atoms with van der Waals surface area (Å²) >= 11 is 0. The number of nitrogens with one attached hydrogen (secondary N) is 3. The molecule has 11 nitrogen and oxygen atoms in total. The number of alkyl halides is 3. The van der Waals surface area contributed by atoms with Crippen molar-refractivity contribution in [2.24, 2.45) is 5.92 Å². The van der Waals surface area contributed by atoms with Gasteiger partial charge in [-0.2, -0.15) is 13.2 Å². The van der Waals surface area contributed by atoms with Crippen molar-refractivity contribution in [1.82, 2.24) is 20.4 Å². The second kappa shape index (κ2) is 18.1. The van der Waals surface area contributed by atoms with Crippen LogP contribution in [0.2, 0.25) is 0 Å². The third kappa shape index (κ3) is 11.8. The van der Waals surface area contributed by atoms with E-state index in [4.69, 9.17) is 4.74 Å². The minimum Gasteiger partial charge on any atom is -0.392 e. The van der Waals surface area contributed by atoms with E-state index < -0.39 is 53.8 Å². The lowest BCUT2D eigenvalue weighted by molar-refractivity contribution is -0.161. The molecule has 2 aliphatic rings. The van der Waals surface area contributed by atoms with Gasteiger partial charge in [-0.3, -0.25) is 34.3 Å². The molecule has 3 atom stereocenters. The van der Waals surface area contributed by atoms with Gasteiger partial charge in [0.15, 0.2) is 0 Å². The largest absolute Gasteiger partial charge is 0.403 e. The third-order valence-corrected chi connectivity index (χ3v) is 8.11. The fourth-order valence-electron chi connectivity index (χ4n) is 5.37. The van der Waals surface area contributed by atoms with E-state index in [1.165, 1.54) is 0 Å². The summed E-state index contributed by atoms with van der Waals surface area (Å²) in [7, 11) is 0. The third-order valence-electron chi connectivity index (χ3n) is 8.11. The molecule has 0 aliphatic carbocycles. The summed E-state index contributed by atoms with van der Waals surface area (Å²) in [5.41, 5.74) is 1.12. The van der Waals surface area contributed by atoms with Crippen LogP contribution in [-0.4, -0.2) is 102 Å². The average molecular weight is 654 g/mol. The molecule has 46 heavy (non-hydrogen) atoms. The van der Waals surface area contributed by atoms with Crippen LogP contribution in [0.5, 0.6) is 0 Å². The molecule has 256 valence electrons. The fraction of sp³-hybridized carbons (Fsp3) is 0.625. The quantitative estimate of drug-likeness (QED) is 0.140. The van der Waals surface area contributed by atoms with Crippen molar-refractivity contribution in [1.29, 1.82) is 0 Å². The Hall–Kier alpha value is -3.33. The van der Waals surface area contributed by atoms with E-state index in [9.17, 15) is 37.5 Å². The lowest BCUT2D eigenvalue weighted by Crippen LogP contribution is -2.58. The van der Waals surface area contributed by atoms with Gasteiger partial charge in [-0.1, -0.05) is 38.8 Å².